The molecule has 0 saturated heterocycles. The molecule has 0 atom stereocenters. The van der Waals surface area contributed by atoms with Crippen molar-refractivity contribution in [1.29, 1.82) is 0 Å². The molecule has 0 unspecified atom stereocenters. The average molecular weight is 216 g/mol. The molecule has 0 saturated carbocycles. The second-order valence-corrected chi connectivity index (χ2v) is 2.75. The van der Waals surface area contributed by atoms with E-state index < -0.39 is 0 Å². The van der Waals surface area contributed by atoms with Gasteiger partial charge in [0.05, 0.1) is 0 Å². The summed E-state index contributed by atoms with van der Waals surface area (Å²) >= 11 is 3.35. The van der Waals surface area contributed by atoms with Crippen LogP contribution in [0.25, 0.3) is 0 Å². The molecular weight excluding hydrogens is 202 g/mol. The van der Waals surface area contributed by atoms with Crippen molar-refractivity contribution in [1.82, 2.24) is 0 Å². The molecule has 0 aliphatic carbocycles. The minimum atomic E-state index is 0.611. The highest BCUT2D eigenvalue weighted by Gasteiger charge is 1.87. The molecule has 1 aromatic rings. The van der Waals surface area contributed by atoms with E-state index in [1.54, 1.807) is 0 Å². The number of benzene rings is 1. The van der Waals surface area contributed by atoms with Crippen LogP contribution in [0, 0.1) is 0 Å². The van der Waals surface area contributed by atoms with Crippen molar-refractivity contribution >= 4 is 15.9 Å². The van der Waals surface area contributed by atoms with E-state index in [1.165, 1.54) is 0 Å². The van der Waals surface area contributed by atoms with Gasteiger partial charge in [0.15, 0.2) is 0 Å². The van der Waals surface area contributed by atoms with Gasteiger partial charge in [-0.25, -0.2) is 0 Å². The van der Waals surface area contributed by atoms with E-state index in [0.717, 1.165) is 10.0 Å². The lowest BCUT2D eigenvalue weighted by molar-refractivity contribution is 1.07. The number of halogens is 1. The molecule has 0 bridgehead atoms. The molecule has 0 aliphatic heterocycles. The van der Waals surface area contributed by atoms with Crippen LogP contribution in [0.5, 0.6) is 0 Å². The van der Waals surface area contributed by atoms with E-state index in [1.807, 2.05) is 38.1 Å². The zero-order valence-corrected chi connectivity index (χ0v) is 8.56. The number of rotatable bonds is 1. The molecule has 1 aromatic carbocycles. The maximum absolute atomic E-state index is 5.40. The lowest BCUT2D eigenvalue weighted by atomic mass is 10.2. The van der Waals surface area contributed by atoms with Gasteiger partial charge >= 0.3 is 0 Å². The van der Waals surface area contributed by atoms with Gasteiger partial charge in [0.1, 0.15) is 0 Å². The highest BCUT2D eigenvalue weighted by molar-refractivity contribution is 9.10. The summed E-state index contributed by atoms with van der Waals surface area (Å²) in [5.41, 5.74) is 6.55. The number of hydrogen-bond acceptors (Lipinski definition) is 1. The van der Waals surface area contributed by atoms with Crippen molar-refractivity contribution < 1.29 is 0 Å². The Morgan fingerprint density at radius 1 is 1.36 bits per heavy atom. The molecule has 0 aliphatic rings. The fraction of sp³-hybridized carbons (Fsp3) is 0.333. The Kier molecular flexibility index (Phi) is 6.18. The van der Waals surface area contributed by atoms with Crippen LogP contribution in [-0.4, -0.2) is 0 Å². The maximum atomic E-state index is 5.40. The van der Waals surface area contributed by atoms with Gasteiger partial charge in [0.2, 0.25) is 0 Å². The summed E-state index contributed by atoms with van der Waals surface area (Å²) in [7, 11) is 0. The first-order valence-corrected chi connectivity index (χ1v) is 4.57. The van der Waals surface area contributed by atoms with Crippen molar-refractivity contribution in [2.75, 3.05) is 0 Å². The molecule has 2 heteroatoms. The first-order chi connectivity index (χ1) is 5.33. The summed E-state index contributed by atoms with van der Waals surface area (Å²) in [5, 5.41) is 0. The topological polar surface area (TPSA) is 26.0 Å². The first-order valence-electron chi connectivity index (χ1n) is 3.77. The molecule has 11 heavy (non-hydrogen) atoms. The van der Waals surface area contributed by atoms with Crippen LogP contribution in [0.4, 0.5) is 0 Å². The maximum Gasteiger partial charge on any atom is 0.0178 e. The van der Waals surface area contributed by atoms with Gasteiger partial charge in [0, 0.05) is 11.0 Å². The number of hydrogen-bond donors (Lipinski definition) is 1. The quantitative estimate of drug-likeness (QED) is 0.767. The second kappa shape index (κ2) is 6.38. The molecule has 0 fully saturated rings. The van der Waals surface area contributed by atoms with Gasteiger partial charge < -0.3 is 5.73 Å². The van der Waals surface area contributed by atoms with Gasteiger partial charge in [-0.15, -0.1) is 0 Å². The van der Waals surface area contributed by atoms with Gasteiger partial charge in [-0.3, -0.25) is 0 Å². The molecule has 0 heterocycles. The summed E-state index contributed by atoms with van der Waals surface area (Å²) in [5.74, 6) is 0. The van der Waals surface area contributed by atoms with Crippen molar-refractivity contribution in [2.45, 2.75) is 20.4 Å². The molecule has 1 nitrogen and oxygen atoms in total. The SMILES string of the molecule is CC.NCc1cccc(Br)c1. The van der Waals surface area contributed by atoms with Gasteiger partial charge in [-0.2, -0.15) is 0 Å². The summed E-state index contributed by atoms with van der Waals surface area (Å²) in [6.45, 7) is 4.61. The predicted octanol–water partition coefficient (Wildman–Crippen LogP) is 2.93. The molecule has 2 N–H and O–H groups in total. The standard InChI is InChI=1S/C7H8BrN.C2H6/c8-7-3-1-2-6(4-7)5-9;1-2/h1-4H,5,9H2;1-2H3. The number of nitrogens with two attached hydrogens (primary N) is 1. The average Bonchev–Trinajstić information content (AvgIpc) is 2.08. The Balaban J connectivity index is 0.000000461. The molecule has 62 valence electrons. The van der Waals surface area contributed by atoms with E-state index in [2.05, 4.69) is 15.9 Å². The fourth-order valence-corrected chi connectivity index (χ4v) is 1.11. The van der Waals surface area contributed by atoms with E-state index in [4.69, 9.17) is 5.73 Å². The van der Waals surface area contributed by atoms with Crippen LogP contribution < -0.4 is 5.73 Å². The zero-order valence-electron chi connectivity index (χ0n) is 6.97. The third kappa shape index (κ3) is 4.17. The highest BCUT2D eigenvalue weighted by atomic mass is 79.9. The minimum absolute atomic E-state index is 0.611. The lowest BCUT2D eigenvalue weighted by Gasteiger charge is -1.94. The molecule has 0 radical (unpaired) electrons. The van der Waals surface area contributed by atoms with Crippen molar-refractivity contribution in [3.63, 3.8) is 0 Å². The Morgan fingerprint density at radius 3 is 2.36 bits per heavy atom. The summed E-state index contributed by atoms with van der Waals surface area (Å²) < 4.78 is 1.09. The van der Waals surface area contributed by atoms with Crippen LogP contribution in [0.1, 0.15) is 19.4 Å². The predicted molar refractivity (Wildman–Crippen MR) is 53.4 cm³/mol. The smallest absolute Gasteiger partial charge is 0.0178 e. The largest absolute Gasteiger partial charge is 0.326 e. The molecule has 0 aromatic heterocycles. The van der Waals surface area contributed by atoms with Gasteiger partial charge in [-0.05, 0) is 17.7 Å². The summed E-state index contributed by atoms with van der Waals surface area (Å²) in [4.78, 5) is 0. The third-order valence-corrected chi connectivity index (χ3v) is 1.62. The summed E-state index contributed by atoms with van der Waals surface area (Å²) in [6, 6.07) is 7.98. The molecular formula is C9H14BrN. The van der Waals surface area contributed by atoms with Crippen molar-refractivity contribution in [3.05, 3.63) is 34.3 Å². The van der Waals surface area contributed by atoms with Gasteiger partial charge in [-0.1, -0.05) is 41.9 Å². The van der Waals surface area contributed by atoms with Crippen LogP contribution in [-0.2, 0) is 6.54 Å². The van der Waals surface area contributed by atoms with E-state index in [0.29, 0.717) is 6.54 Å². The van der Waals surface area contributed by atoms with Crippen LogP contribution in [0.3, 0.4) is 0 Å². The van der Waals surface area contributed by atoms with Crippen molar-refractivity contribution in [3.8, 4) is 0 Å². The monoisotopic (exact) mass is 215 g/mol. The molecule has 1 rings (SSSR count). The Hall–Kier alpha value is -0.340. The Labute approximate surface area is 76.7 Å². The molecule has 0 amide bonds. The van der Waals surface area contributed by atoms with Crippen molar-refractivity contribution in [2.24, 2.45) is 5.73 Å². The molecule has 0 spiro atoms. The lowest BCUT2D eigenvalue weighted by Crippen LogP contribution is -1.94. The Bertz CT molecular complexity index is 199. The van der Waals surface area contributed by atoms with Crippen LogP contribution >= 0.6 is 15.9 Å². The van der Waals surface area contributed by atoms with Crippen LogP contribution in [0.2, 0.25) is 0 Å². The first kappa shape index (κ1) is 10.7. The Morgan fingerprint density at radius 2 is 2.00 bits per heavy atom. The van der Waals surface area contributed by atoms with E-state index in [-0.39, 0.29) is 0 Å². The third-order valence-electron chi connectivity index (χ3n) is 1.12. The summed E-state index contributed by atoms with van der Waals surface area (Å²) in [6.07, 6.45) is 0. The highest BCUT2D eigenvalue weighted by Crippen LogP contribution is 2.10. The van der Waals surface area contributed by atoms with E-state index >= 15 is 0 Å². The fourth-order valence-electron chi connectivity index (χ4n) is 0.664. The minimum Gasteiger partial charge on any atom is -0.326 e. The van der Waals surface area contributed by atoms with E-state index in [9.17, 15) is 0 Å². The zero-order chi connectivity index (χ0) is 8.69. The van der Waals surface area contributed by atoms with Gasteiger partial charge in [0.25, 0.3) is 0 Å². The normalized spacial score (nSPS) is 8.36. The second-order valence-electron chi connectivity index (χ2n) is 1.83. The van der Waals surface area contributed by atoms with Crippen LogP contribution in [0.15, 0.2) is 28.7 Å².